The van der Waals surface area contributed by atoms with Crippen molar-refractivity contribution < 1.29 is 4.42 Å². The van der Waals surface area contributed by atoms with Crippen LogP contribution in [0, 0.1) is 13.8 Å². The number of aromatic nitrogens is 5. The molecular weight excluding hydrogens is 394 g/mol. The highest BCUT2D eigenvalue weighted by Crippen LogP contribution is 2.34. The molecule has 6 nitrogen and oxygen atoms in total. The van der Waals surface area contributed by atoms with Crippen LogP contribution in [0.3, 0.4) is 0 Å². The quantitative estimate of drug-likeness (QED) is 0.364. The SMILES string of the molecule is Cc1ccc2ncnc(Sc3nnc(-c4ccoc4C)n3Cc3ccccc3)c2c1. The van der Waals surface area contributed by atoms with Crippen LogP contribution >= 0.6 is 11.8 Å². The molecule has 0 fully saturated rings. The molecule has 0 saturated heterocycles. The Hall–Kier alpha value is -3.45. The zero-order chi connectivity index (χ0) is 20.5. The smallest absolute Gasteiger partial charge is 0.198 e. The number of furan rings is 1. The molecule has 0 saturated carbocycles. The van der Waals surface area contributed by atoms with Gasteiger partial charge in [0.05, 0.1) is 23.9 Å². The second kappa shape index (κ2) is 7.76. The summed E-state index contributed by atoms with van der Waals surface area (Å²) in [6.07, 6.45) is 3.28. The van der Waals surface area contributed by atoms with E-state index in [4.69, 9.17) is 4.42 Å². The first-order valence-corrected chi connectivity index (χ1v) is 10.4. The number of hydrogen-bond acceptors (Lipinski definition) is 6. The fourth-order valence-electron chi connectivity index (χ4n) is 3.40. The highest BCUT2D eigenvalue weighted by molar-refractivity contribution is 7.99. The molecule has 2 aromatic carbocycles. The normalized spacial score (nSPS) is 11.3. The molecule has 3 aromatic heterocycles. The van der Waals surface area contributed by atoms with E-state index >= 15 is 0 Å². The number of nitrogens with zero attached hydrogens (tertiary/aromatic N) is 5. The van der Waals surface area contributed by atoms with Crippen LogP contribution in [0.4, 0.5) is 0 Å². The predicted molar refractivity (Wildman–Crippen MR) is 116 cm³/mol. The summed E-state index contributed by atoms with van der Waals surface area (Å²) in [5, 5.41) is 11.7. The number of fused-ring (bicyclic) bond motifs is 1. The molecule has 0 aliphatic heterocycles. The lowest BCUT2D eigenvalue weighted by Gasteiger charge is -2.11. The summed E-state index contributed by atoms with van der Waals surface area (Å²) in [7, 11) is 0. The minimum atomic E-state index is 0.651. The van der Waals surface area contributed by atoms with Crippen molar-refractivity contribution in [3.8, 4) is 11.4 Å². The lowest BCUT2D eigenvalue weighted by Crippen LogP contribution is -2.04. The van der Waals surface area contributed by atoms with Gasteiger partial charge in [-0.15, -0.1) is 10.2 Å². The van der Waals surface area contributed by atoms with Crippen molar-refractivity contribution in [1.82, 2.24) is 24.7 Å². The van der Waals surface area contributed by atoms with Gasteiger partial charge in [-0.25, -0.2) is 9.97 Å². The largest absolute Gasteiger partial charge is 0.469 e. The van der Waals surface area contributed by atoms with Crippen LogP contribution in [-0.4, -0.2) is 24.7 Å². The van der Waals surface area contributed by atoms with Crippen molar-refractivity contribution in [1.29, 1.82) is 0 Å². The molecule has 3 heterocycles. The highest BCUT2D eigenvalue weighted by Gasteiger charge is 2.19. The predicted octanol–water partition coefficient (Wildman–Crippen LogP) is 5.30. The van der Waals surface area contributed by atoms with Crippen LogP contribution in [0.1, 0.15) is 16.9 Å². The molecule has 0 radical (unpaired) electrons. The van der Waals surface area contributed by atoms with Crippen molar-refractivity contribution in [3.63, 3.8) is 0 Å². The van der Waals surface area contributed by atoms with Gasteiger partial charge >= 0.3 is 0 Å². The average Bonchev–Trinajstić information content (AvgIpc) is 3.35. The summed E-state index contributed by atoms with van der Waals surface area (Å²) < 4.78 is 7.63. The molecule has 30 heavy (non-hydrogen) atoms. The standard InChI is InChI=1S/C23H19N5OS/c1-15-8-9-20-19(12-15)22(25-14-24-20)30-23-27-26-21(18-10-11-29-16(18)2)28(23)13-17-6-4-3-5-7-17/h3-12,14H,13H2,1-2H3. The highest BCUT2D eigenvalue weighted by atomic mass is 32.2. The molecule has 0 amide bonds. The van der Waals surface area contributed by atoms with E-state index in [9.17, 15) is 0 Å². The molecule has 0 N–H and O–H groups in total. The maximum Gasteiger partial charge on any atom is 0.198 e. The van der Waals surface area contributed by atoms with Gasteiger partial charge in [-0.05, 0) is 49.4 Å². The minimum absolute atomic E-state index is 0.651. The fraction of sp³-hybridized carbons (Fsp3) is 0.130. The minimum Gasteiger partial charge on any atom is -0.469 e. The first kappa shape index (κ1) is 18.6. The van der Waals surface area contributed by atoms with Crippen molar-refractivity contribution >= 4 is 22.7 Å². The Balaban J connectivity index is 1.61. The number of benzene rings is 2. The number of rotatable bonds is 5. The van der Waals surface area contributed by atoms with Crippen LogP contribution in [0.25, 0.3) is 22.3 Å². The third kappa shape index (κ3) is 3.48. The Labute approximate surface area is 178 Å². The third-order valence-corrected chi connectivity index (χ3v) is 5.95. The van der Waals surface area contributed by atoms with Crippen molar-refractivity contribution in [2.45, 2.75) is 30.6 Å². The van der Waals surface area contributed by atoms with Gasteiger partial charge in [0.25, 0.3) is 0 Å². The van der Waals surface area contributed by atoms with Gasteiger partial charge in [-0.3, -0.25) is 4.57 Å². The monoisotopic (exact) mass is 413 g/mol. The summed E-state index contributed by atoms with van der Waals surface area (Å²) in [5.41, 5.74) is 4.19. The van der Waals surface area contributed by atoms with Gasteiger partial charge in [0.2, 0.25) is 0 Å². The molecule has 0 unspecified atom stereocenters. The average molecular weight is 414 g/mol. The molecule has 5 rings (SSSR count). The van der Waals surface area contributed by atoms with Gasteiger partial charge in [0.15, 0.2) is 11.0 Å². The molecular formula is C23H19N5OS. The van der Waals surface area contributed by atoms with Crippen LogP contribution in [0.15, 0.2) is 81.8 Å². The zero-order valence-corrected chi connectivity index (χ0v) is 17.4. The summed E-state index contributed by atoms with van der Waals surface area (Å²) in [6.45, 7) is 4.65. The molecule has 0 bridgehead atoms. The van der Waals surface area contributed by atoms with Crippen LogP contribution < -0.4 is 0 Å². The van der Waals surface area contributed by atoms with E-state index in [2.05, 4.69) is 55.9 Å². The van der Waals surface area contributed by atoms with E-state index in [0.717, 1.165) is 38.2 Å². The van der Waals surface area contributed by atoms with E-state index in [0.29, 0.717) is 6.54 Å². The van der Waals surface area contributed by atoms with Crippen LogP contribution in [0.5, 0.6) is 0 Å². The van der Waals surface area contributed by atoms with Crippen molar-refractivity contribution in [3.05, 3.63) is 84.1 Å². The van der Waals surface area contributed by atoms with E-state index in [-0.39, 0.29) is 0 Å². The second-order valence-corrected chi connectivity index (χ2v) is 8.03. The Kier molecular flexibility index (Phi) is 4.80. The first-order chi connectivity index (χ1) is 14.7. The molecule has 0 spiro atoms. The van der Waals surface area contributed by atoms with Crippen LogP contribution in [0.2, 0.25) is 0 Å². The molecule has 5 aromatic rings. The van der Waals surface area contributed by atoms with Crippen LogP contribution in [-0.2, 0) is 6.54 Å². The maximum absolute atomic E-state index is 5.51. The topological polar surface area (TPSA) is 69.6 Å². The molecule has 0 aliphatic rings. The fourth-order valence-corrected chi connectivity index (χ4v) is 4.29. The summed E-state index contributed by atoms with van der Waals surface area (Å²) in [6, 6.07) is 18.4. The molecule has 148 valence electrons. The van der Waals surface area contributed by atoms with Gasteiger partial charge in [-0.1, -0.05) is 42.0 Å². The first-order valence-electron chi connectivity index (χ1n) is 9.60. The van der Waals surface area contributed by atoms with Gasteiger partial charge in [0, 0.05) is 5.39 Å². The van der Waals surface area contributed by atoms with E-state index in [1.54, 1.807) is 12.6 Å². The lowest BCUT2D eigenvalue weighted by molar-refractivity contribution is 0.534. The Morgan fingerprint density at radius 3 is 2.63 bits per heavy atom. The van der Waals surface area contributed by atoms with Crippen molar-refractivity contribution in [2.24, 2.45) is 0 Å². The molecule has 7 heteroatoms. The lowest BCUT2D eigenvalue weighted by atomic mass is 10.2. The zero-order valence-electron chi connectivity index (χ0n) is 16.6. The van der Waals surface area contributed by atoms with E-state index in [1.807, 2.05) is 37.3 Å². The Morgan fingerprint density at radius 1 is 0.967 bits per heavy atom. The summed E-state index contributed by atoms with van der Waals surface area (Å²) in [5.74, 6) is 1.60. The van der Waals surface area contributed by atoms with Gasteiger partial charge < -0.3 is 4.42 Å². The Bertz CT molecular complexity index is 1330. The second-order valence-electron chi connectivity index (χ2n) is 7.07. The van der Waals surface area contributed by atoms with E-state index in [1.165, 1.54) is 22.9 Å². The number of hydrogen-bond donors (Lipinski definition) is 0. The van der Waals surface area contributed by atoms with Gasteiger partial charge in [0.1, 0.15) is 17.1 Å². The maximum atomic E-state index is 5.51. The van der Waals surface area contributed by atoms with E-state index < -0.39 is 0 Å². The summed E-state index contributed by atoms with van der Waals surface area (Å²) >= 11 is 1.50. The third-order valence-electron chi connectivity index (χ3n) is 4.94. The molecule has 0 aliphatic carbocycles. The number of aryl methyl sites for hydroxylation is 2. The molecule has 0 atom stereocenters. The van der Waals surface area contributed by atoms with Crippen molar-refractivity contribution in [2.75, 3.05) is 0 Å². The van der Waals surface area contributed by atoms with Gasteiger partial charge in [-0.2, -0.15) is 0 Å². The summed E-state index contributed by atoms with van der Waals surface area (Å²) in [4.78, 5) is 8.93. The Morgan fingerprint density at radius 2 is 1.83 bits per heavy atom.